The van der Waals surface area contributed by atoms with Gasteiger partial charge in [-0.15, -0.1) is 0 Å². The van der Waals surface area contributed by atoms with Gasteiger partial charge in [0.15, 0.2) is 0 Å². The lowest BCUT2D eigenvalue weighted by molar-refractivity contribution is 0.195. The van der Waals surface area contributed by atoms with Crippen LogP contribution in [0.15, 0.2) is 46.5 Å². The van der Waals surface area contributed by atoms with Crippen LogP contribution < -0.4 is 0 Å². The van der Waals surface area contributed by atoms with Crippen LogP contribution in [0.2, 0.25) is 0 Å². The lowest BCUT2D eigenvalue weighted by Gasteiger charge is -2.10. The van der Waals surface area contributed by atoms with Crippen LogP contribution in [0.1, 0.15) is 18.6 Å². The molecule has 18 heavy (non-hydrogen) atoms. The number of aliphatic hydroxyl groups excluding tert-OH is 1. The molecule has 2 nitrogen and oxygen atoms in total. The van der Waals surface area contributed by atoms with Crippen molar-refractivity contribution in [3.8, 4) is 0 Å². The van der Waals surface area contributed by atoms with Gasteiger partial charge in [-0.25, -0.2) is 13.8 Å². The van der Waals surface area contributed by atoms with E-state index < -0.39 is 17.7 Å². The second-order valence-corrected chi connectivity index (χ2v) is 4.78. The first-order chi connectivity index (χ1) is 8.58. The molecule has 2 aromatic rings. The normalized spacial score (nSPS) is 12.4. The van der Waals surface area contributed by atoms with Crippen LogP contribution >= 0.6 is 11.8 Å². The van der Waals surface area contributed by atoms with Gasteiger partial charge in [0.25, 0.3) is 0 Å². The molecule has 1 atom stereocenters. The molecule has 0 saturated carbocycles. The van der Waals surface area contributed by atoms with E-state index in [1.807, 2.05) is 0 Å². The zero-order chi connectivity index (χ0) is 13.1. The molecule has 5 heteroatoms. The van der Waals surface area contributed by atoms with Crippen LogP contribution in [0.5, 0.6) is 0 Å². The Bertz CT molecular complexity index is 560. The topological polar surface area (TPSA) is 33.1 Å². The van der Waals surface area contributed by atoms with Crippen molar-refractivity contribution in [2.24, 2.45) is 0 Å². The molecule has 0 unspecified atom stereocenters. The summed E-state index contributed by atoms with van der Waals surface area (Å²) in [5, 5.41) is 10.1. The summed E-state index contributed by atoms with van der Waals surface area (Å²) < 4.78 is 26.3. The summed E-state index contributed by atoms with van der Waals surface area (Å²) in [7, 11) is 0. The van der Waals surface area contributed by atoms with Crippen LogP contribution in [0, 0.1) is 11.6 Å². The highest BCUT2D eigenvalue weighted by atomic mass is 32.2. The smallest absolute Gasteiger partial charge is 0.140 e. The van der Waals surface area contributed by atoms with Gasteiger partial charge in [-0.05, 0) is 25.1 Å². The van der Waals surface area contributed by atoms with Crippen molar-refractivity contribution in [2.75, 3.05) is 0 Å². The number of hydrogen-bond acceptors (Lipinski definition) is 3. The van der Waals surface area contributed by atoms with E-state index in [9.17, 15) is 13.9 Å². The Balaban J connectivity index is 2.34. The van der Waals surface area contributed by atoms with E-state index in [2.05, 4.69) is 4.98 Å². The highest BCUT2D eigenvalue weighted by molar-refractivity contribution is 7.99. The number of aromatic nitrogens is 1. The van der Waals surface area contributed by atoms with E-state index in [4.69, 9.17) is 0 Å². The number of nitrogens with zero attached hydrogens (tertiary/aromatic N) is 1. The zero-order valence-electron chi connectivity index (χ0n) is 9.60. The number of aliphatic hydroxyl groups is 1. The van der Waals surface area contributed by atoms with E-state index in [1.165, 1.54) is 12.1 Å². The molecule has 1 aromatic heterocycles. The average Bonchev–Trinajstić information content (AvgIpc) is 2.33. The van der Waals surface area contributed by atoms with Crippen molar-refractivity contribution in [3.63, 3.8) is 0 Å². The van der Waals surface area contributed by atoms with Gasteiger partial charge in [0.1, 0.15) is 16.7 Å². The van der Waals surface area contributed by atoms with Gasteiger partial charge in [0.05, 0.1) is 6.10 Å². The summed E-state index contributed by atoms with van der Waals surface area (Å²) >= 11 is 1.07. The fourth-order valence-electron chi connectivity index (χ4n) is 1.47. The Morgan fingerprint density at radius 1 is 1.28 bits per heavy atom. The third-order valence-electron chi connectivity index (χ3n) is 2.35. The Hall–Kier alpha value is -1.46. The molecule has 0 fully saturated rings. The maximum atomic E-state index is 13.5. The van der Waals surface area contributed by atoms with Crippen molar-refractivity contribution < 1.29 is 13.9 Å². The first-order valence-electron chi connectivity index (χ1n) is 5.34. The van der Waals surface area contributed by atoms with E-state index in [0.29, 0.717) is 10.6 Å². The fourth-order valence-corrected chi connectivity index (χ4v) is 2.44. The van der Waals surface area contributed by atoms with Gasteiger partial charge < -0.3 is 5.11 Å². The molecule has 0 amide bonds. The Kier molecular flexibility index (Phi) is 3.93. The molecule has 0 aliphatic rings. The quantitative estimate of drug-likeness (QED) is 0.923. The average molecular weight is 267 g/mol. The van der Waals surface area contributed by atoms with E-state index in [1.54, 1.807) is 25.3 Å². The van der Waals surface area contributed by atoms with Crippen molar-refractivity contribution in [2.45, 2.75) is 22.9 Å². The highest BCUT2D eigenvalue weighted by Gasteiger charge is 2.12. The molecule has 0 saturated heterocycles. The molecule has 0 bridgehead atoms. The van der Waals surface area contributed by atoms with E-state index in [-0.39, 0.29) is 4.90 Å². The van der Waals surface area contributed by atoms with Gasteiger partial charge >= 0.3 is 0 Å². The van der Waals surface area contributed by atoms with Crippen LogP contribution in [-0.4, -0.2) is 10.1 Å². The first kappa shape index (κ1) is 13.0. The fraction of sp³-hybridized carbons (Fsp3) is 0.154. The molecular weight excluding hydrogens is 256 g/mol. The molecule has 94 valence electrons. The molecule has 0 aliphatic carbocycles. The lowest BCUT2D eigenvalue weighted by atomic mass is 10.2. The van der Waals surface area contributed by atoms with Crippen molar-refractivity contribution in [1.82, 2.24) is 4.98 Å². The summed E-state index contributed by atoms with van der Waals surface area (Å²) in [6, 6.07) is 6.80. The number of hydrogen-bond donors (Lipinski definition) is 1. The molecule has 1 N–H and O–H groups in total. The maximum Gasteiger partial charge on any atom is 0.140 e. The van der Waals surface area contributed by atoms with E-state index >= 15 is 0 Å². The standard InChI is InChI=1S/C13H11F2NOS/c1-8(17)10-3-2-6-16-13(10)18-12-5-4-9(14)7-11(12)15/h2-8,17H,1H3/t8-/m1/s1. The lowest BCUT2D eigenvalue weighted by Crippen LogP contribution is -1.96. The van der Waals surface area contributed by atoms with Gasteiger partial charge in [-0.2, -0.15) is 0 Å². The summed E-state index contributed by atoms with van der Waals surface area (Å²) in [6.07, 6.45) is 0.875. The predicted octanol–water partition coefficient (Wildman–Crippen LogP) is 3.56. The third-order valence-corrected chi connectivity index (χ3v) is 3.44. The minimum atomic E-state index is -0.690. The second kappa shape index (κ2) is 5.46. The van der Waals surface area contributed by atoms with Crippen molar-refractivity contribution in [1.29, 1.82) is 0 Å². The molecule has 1 heterocycles. The van der Waals surface area contributed by atoms with Crippen LogP contribution in [0.4, 0.5) is 8.78 Å². The molecule has 0 aliphatic heterocycles. The predicted molar refractivity (Wildman–Crippen MR) is 65.4 cm³/mol. The maximum absolute atomic E-state index is 13.5. The van der Waals surface area contributed by atoms with Gasteiger partial charge in [-0.3, -0.25) is 0 Å². The highest BCUT2D eigenvalue weighted by Crippen LogP contribution is 2.33. The van der Waals surface area contributed by atoms with Crippen LogP contribution in [-0.2, 0) is 0 Å². The van der Waals surface area contributed by atoms with Crippen LogP contribution in [0.25, 0.3) is 0 Å². The van der Waals surface area contributed by atoms with Gasteiger partial charge in [0.2, 0.25) is 0 Å². The molecule has 2 rings (SSSR count). The summed E-state index contributed by atoms with van der Waals surface area (Å²) in [5.41, 5.74) is 0.617. The van der Waals surface area contributed by atoms with Gasteiger partial charge in [-0.1, -0.05) is 17.8 Å². The minimum Gasteiger partial charge on any atom is -0.389 e. The SMILES string of the molecule is C[C@@H](O)c1cccnc1Sc1ccc(F)cc1F. The molecule has 0 spiro atoms. The molecular formula is C13H11F2NOS. The third kappa shape index (κ3) is 2.86. The zero-order valence-corrected chi connectivity index (χ0v) is 10.4. The minimum absolute atomic E-state index is 0.275. The Labute approximate surface area is 108 Å². The Morgan fingerprint density at radius 2 is 2.06 bits per heavy atom. The van der Waals surface area contributed by atoms with Crippen molar-refractivity contribution in [3.05, 3.63) is 53.7 Å². The number of pyridine rings is 1. The molecule has 0 radical (unpaired) electrons. The largest absolute Gasteiger partial charge is 0.389 e. The molecule has 1 aromatic carbocycles. The number of rotatable bonds is 3. The van der Waals surface area contributed by atoms with Crippen LogP contribution in [0.3, 0.4) is 0 Å². The monoisotopic (exact) mass is 267 g/mol. The van der Waals surface area contributed by atoms with Gasteiger partial charge in [0, 0.05) is 22.7 Å². The van der Waals surface area contributed by atoms with E-state index in [0.717, 1.165) is 17.8 Å². The number of halogens is 2. The Morgan fingerprint density at radius 3 is 2.72 bits per heavy atom. The summed E-state index contributed by atoms with van der Waals surface area (Å²) in [5.74, 6) is -1.25. The first-order valence-corrected chi connectivity index (χ1v) is 6.15. The number of benzene rings is 1. The van der Waals surface area contributed by atoms with Crippen molar-refractivity contribution >= 4 is 11.8 Å². The summed E-state index contributed by atoms with van der Waals surface area (Å²) in [4.78, 5) is 4.38. The second-order valence-electron chi connectivity index (χ2n) is 3.75. The summed E-state index contributed by atoms with van der Waals surface area (Å²) in [6.45, 7) is 1.61.